The minimum atomic E-state index is -0.949. The van der Waals surface area contributed by atoms with Crippen LogP contribution in [-0.4, -0.2) is 23.5 Å². The van der Waals surface area contributed by atoms with Gasteiger partial charge in [0.25, 0.3) is 0 Å². The number of carboxylic acids is 1. The molecule has 2 N–H and O–H groups in total. The van der Waals surface area contributed by atoms with Gasteiger partial charge in [-0.3, -0.25) is 4.79 Å². The Balaban J connectivity index is -0.000000409. The average Bonchev–Trinajstić information content (AvgIpc) is 2.41. The number of nitrogens with one attached hydrogen (secondary N) is 1. The van der Waals surface area contributed by atoms with Crippen molar-refractivity contribution in [1.29, 1.82) is 0 Å². The molecule has 0 radical (unpaired) electrons. The predicted octanol–water partition coefficient (Wildman–Crippen LogP) is 2.73. The third-order valence-electron chi connectivity index (χ3n) is 2.60. The number of amides is 1. The molecule has 1 amide bonds. The normalized spacial score (nSPS) is 15.6. The van der Waals surface area contributed by atoms with Crippen LogP contribution in [0.4, 0.5) is 0 Å². The quantitative estimate of drug-likeness (QED) is 0.460. The van der Waals surface area contributed by atoms with Crippen molar-refractivity contribution in [3.63, 3.8) is 0 Å². The number of hydrogen-bond acceptors (Lipinski definition) is 2. The summed E-state index contributed by atoms with van der Waals surface area (Å²) >= 11 is 0. The second-order valence-corrected chi connectivity index (χ2v) is 3.46. The molecule has 0 aromatic carbocycles. The zero-order valence-electron chi connectivity index (χ0n) is 11.7. The first kappa shape index (κ1) is 21.2. The van der Waals surface area contributed by atoms with Crippen LogP contribution in [-0.2, 0) is 9.59 Å². The molecule has 0 aromatic heterocycles. The van der Waals surface area contributed by atoms with Gasteiger partial charge in [-0.1, -0.05) is 47.0 Å². The molecular formula is C13H26FmNO3-. The Kier molecular flexibility index (Phi) is 17.6. The van der Waals surface area contributed by atoms with E-state index < -0.39 is 12.0 Å². The molecule has 0 saturated heterocycles. The van der Waals surface area contributed by atoms with Crippen molar-refractivity contribution >= 4 is 12.4 Å². The number of carbonyl (C=O) groups is 1. The summed E-state index contributed by atoms with van der Waals surface area (Å²) in [5.41, 5.74) is 0. The van der Waals surface area contributed by atoms with Crippen molar-refractivity contribution < 1.29 is 14.7 Å². The molecule has 1 aliphatic rings. The third-order valence-corrected chi connectivity index (χ3v) is 2.60. The Morgan fingerprint density at radius 2 is 1.61 bits per heavy atom. The minimum Gasteiger partial charge on any atom is -0.520 e. The summed E-state index contributed by atoms with van der Waals surface area (Å²) in [6.07, 6.45) is 6.56. The molecule has 0 bridgehead atoms. The first-order valence-electron chi connectivity index (χ1n) is 6.61. The van der Waals surface area contributed by atoms with E-state index in [-0.39, 0.29) is 5.92 Å². The maximum absolute atomic E-state index is 10.7. The maximum atomic E-state index is 10.7. The van der Waals surface area contributed by atoms with E-state index in [1.807, 2.05) is 27.7 Å². The molecule has 1 rings (SSSR count). The zero-order chi connectivity index (χ0) is 13.7. The van der Waals surface area contributed by atoms with Gasteiger partial charge in [-0.2, -0.15) is 6.41 Å². The van der Waals surface area contributed by atoms with Gasteiger partial charge in [0.1, 0.15) is 6.04 Å². The molecule has 0 spiro atoms. The summed E-state index contributed by atoms with van der Waals surface area (Å²) in [6, 6.07) is -0.738. The molecule has 1 aliphatic carbocycles. The van der Waals surface area contributed by atoms with Crippen LogP contribution < -0.4 is 5.32 Å². The minimum absolute atomic E-state index is 0. The molecule has 1 fully saturated rings. The van der Waals surface area contributed by atoms with Crippen molar-refractivity contribution in [2.24, 2.45) is 5.92 Å². The molecule has 1 atom stereocenters. The van der Waals surface area contributed by atoms with Gasteiger partial charge in [-0.25, -0.2) is 0 Å². The molecule has 0 aliphatic heterocycles. The van der Waals surface area contributed by atoms with Crippen LogP contribution in [0.25, 0.3) is 0 Å². The molecule has 18 heavy (non-hydrogen) atoms. The van der Waals surface area contributed by atoms with E-state index in [2.05, 4.69) is 5.32 Å². The first-order chi connectivity index (χ1) is 8.25. The van der Waals surface area contributed by atoms with Gasteiger partial charge >= 0.3 is 5.97 Å². The van der Waals surface area contributed by atoms with Crippen molar-refractivity contribution in [1.82, 2.24) is 5.32 Å². The van der Waals surface area contributed by atoms with Crippen LogP contribution in [0, 0.1) is 5.92 Å². The Morgan fingerprint density at radius 3 is 1.94 bits per heavy atom. The van der Waals surface area contributed by atoms with Crippen LogP contribution in [0.3, 0.4) is 0 Å². The Morgan fingerprint density at radius 1 is 1.17 bits per heavy atom. The Bertz CT molecular complexity index is 195. The number of aliphatic carboxylic acids is 1. The van der Waals surface area contributed by atoms with Crippen molar-refractivity contribution in [3.8, 4) is 0 Å². The van der Waals surface area contributed by atoms with Gasteiger partial charge in [0, 0.05) is 0 Å². The van der Waals surface area contributed by atoms with E-state index in [0.717, 1.165) is 25.7 Å². The van der Waals surface area contributed by atoms with E-state index in [1.165, 1.54) is 12.8 Å². The van der Waals surface area contributed by atoms with Gasteiger partial charge in [-0.15, -0.1) is 0 Å². The van der Waals surface area contributed by atoms with Gasteiger partial charge in [-0.05, 0) is 18.8 Å². The monoisotopic (exact) mass is 501 g/mol. The van der Waals surface area contributed by atoms with Gasteiger partial charge in [0.05, 0.1) is 0 Å². The maximum Gasteiger partial charge on any atom is 0.323 e. The number of carbonyl (C=O) groups excluding carboxylic acids is 1. The van der Waals surface area contributed by atoms with E-state index >= 15 is 0 Å². The molecule has 0 aromatic rings. The van der Waals surface area contributed by atoms with Gasteiger partial charge in [0.2, 0.25) is 0 Å². The Hall–Kier alpha value is -2.06. The van der Waals surface area contributed by atoms with Crippen LogP contribution >= 0.6 is 0 Å². The smallest absolute Gasteiger partial charge is 0.323 e. The number of hydrogen-bond donors (Lipinski definition) is 2. The average molecular weight is 501 g/mol. The fraction of sp³-hybridized carbons (Fsp3) is 0.846. The summed E-state index contributed by atoms with van der Waals surface area (Å²) < 4.78 is 0. The molecular weight excluding hydrogens is 475 g/mol. The summed E-state index contributed by atoms with van der Waals surface area (Å²) in [7, 11) is 0. The van der Waals surface area contributed by atoms with Crippen LogP contribution in [0.5, 0.6) is 0 Å². The first-order valence-corrected chi connectivity index (χ1v) is 6.61. The molecule has 114 valence electrons. The fourth-order valence-corrected chi connectivity index (χ4v) is 1.91. The van der Waals surface area contributed by atoms with Gasteiger partial charge < -0.3 is 15.2 Å². The molecule has 4 nitrogen and oxygen atoms in total. The second-order valence-electron chi connectivity index (χ2n) is 3.46. The molecule has 1 unspecified atom stereocenters. The second kappa shape index (κ2) is 14.9. The van der Waals surface area contributed by atoms with E-state index in [9.17, 15) is 9.59 Å². The topological polar surface area (TPSA) is 66.4 Å². The summed E-state index contributed by atoms with van der Waals surface area (Å²) in [5, 5.41) is 11.1. The van der Waals surface area contributed by atoms with Crippen LogP contribution in [0.1, 0.15) is 59.8 Å². The molecule has 1 saturated carbocycles. The van der Waals surface area contributed by atoms with Crippen LogP contribution in [0.15, 0.2) is 0 Å². The molecule has 0 heterocycles. The number of carboxylic acid groups (broad SMARTS) is 1. The summed E-state index contributed by atoms with van der Waals surface area (Å²) in [4.78, 5) is 20.8. The SMILES string of the molecule is CC.CC.O=[C-]NC(C(=O)O)C1CCCCC1.[Fm]. The van der Waals surface area contributed by atoms with Crippen molar-refractivity contribution in [3.05, 3.63) is 0 Å². The summed E-state index contributed by atoms with van der Waals surface area (Å²) in [6.45, 7) is 8.00. The van der Waals surface area contributed by atoms with Crippen LogP contribution in [0.2, 0.25) is 0 Å². The van der Waals surface area contributed by atoms with Crippen molar-refractivity contribution in [2.45, 2.75) is 65.8 Å². The fourth-order valence-electron chi connectivity index (χ4n) is 1.91. The summed E-state index contributed by atoms with van der Waals surface area (Å²) in [5.74, 6) is -0.858. The van der Waals surface area contributed by atoms with E-state index in [1.54, 1.807) is 0 Å². The Labute approximate surface area is 105 Å². The predicted molar refractivity (Wildman–Crippen MR) is 69.5 cm³/mol. The van der Waals surface area contributed by atoms with Crippen molar-refractivity contribution in [2.75, 3.05) is 0 Å². The largest absolute Gasteiger partial charge is 0.520 e. The standard InChI is InChI=1S/C9H14NO3.2C2H6.Fm/c11-6-10-8(9(12)13)7-4-2-1-3-5-7;2*1-2;/h7-8H,1-5H2,(H,10,11)(H,12,13);2*1-2H3;/q-1;;;. The van der Waals surface area contributed by atoms with Gasteiger partial charge in [0.15, 0.2) is 0 Å². The third kappa shape index (κ3) is 8.13. The number of rotatable bonds is 4. The zero-order valence-corrected chi connectivity index (χ0v) is 14.1. The van der Waals surface area contributed by atoms with E-state index in [4.69, 9.17) is 5.11 Å². The molecule has 5 heteroatoms. The van der Waals surface area contributed by atoms with E-state index in [0.29, 0.717) is 0 Å².